The number of non-ortho nitro benzene ring substituents is 1. The molecule has 0 saturated carbocycles. The van der Waals surface area contributed by atoms with Crippen molar-refractivity contribution in [2.45, 2.75) is 18.9 Å². The molecule has 1 fully saturated rings. The Labute approximate surface area is 117 Å². The van der Waals surface area contributed by atoms with Crippen LogP contribution < -0.4 is 5.32 Å². The minimum Gasteiger partial charge on any atom is -0.424 e. The molecule has 1 saturated heterocycles. The second kappa shape index (κ2) is 5.20. The van der Waals surface area contributed by atoms with E-state index in [1.54, 1.807) is 6.07 Å². The van der Waals surface area contributed by atoms with Crippen molar-refractivity contribution >= 4 is 33.6 Å². The first-order chi connectivity index (χ1) is 9.61. The highest BCUT2D eigenvalue weighted by Gasteiger charge is 2.20. The smallest absolute Gasteiger partial charge is 0.295 e. The van der Waals surface area contributed by atoms with Gasteiger partial charge in [0.05, 0.1) is 4.92 Å². The van der Waals surface area contributed by atoms with Crippen molar-refractivity contribution in [3.8, 4) is 0 Å². The zero-order chi connectivity index (χ0) is 14.1. The lowest BCUT2D eigenvalue weighted by Crippen LogP contribution is -2.29. The van der Waals surface area contributed by atoms with Gasteiger partial charge in [-0.1, -0.05) is 0 Å². The number of rotatable bonds is 3. The first-order valence-corrected chi connectivity index (χ1v) is 7.77. The van der Waals surface area contributed by atoms with Gasteiger partial charge in [-0.05, 0) is 18.9 Å². The van der Waals surface area contributed by atoms with Crippen molar-refractivity contribution in [3.63, 3.8) is 0 Å². The summed E-state index contributed by atoms with van der Waals surface area (Å²) < 4.78 is 16.8. The molecule has 1 N–H and O–H groups in total. The third kappa shape index (κ3) is 2.64. The average Bonchev–Trinajstić information content (AvgIpc) is 2.82. The van der Waals surface area contributed by atoms with Gasteiger partial charge in [0, 0.05) is 40.5 Å². The first kappa shape index (κ1) is 13.0. The Balaban J connectivity index is 1.78. The number of oxazole rings is 1. The SMILES string of the molecule is O=[N+]([O-])c1ccc2oc(NC3CCS(=O)CC3)nc2c1. The number of nitro groups is 1. The largest absolute Gasteiger partial charge is 0.424 e. The van der Waals surface area contributed by atoms with Crippen LogP contribution in [0.2, 0.25) is 0 Å². The lowest BCUT2D eigenvalue weighted by atomic mass is 10.2. The summed E-state index contributed by atoms with van der Waals surface area (Å²) in [5.74, 6) is 1.37. The number of hydrogen-bond acceptors (Lipinski definition) is 6. The molecule has 0 amide bonds. The van der Waals surface area contributed by atoms with Crippen molar-refractivity contribution in [3.05, 3.63) is 28.3 Å². The maximum absolute atomic E-state index is 11.3. The zero-order valence-electron chi connectivity index (χ0n) is 10.6. The van der Waals surface area contributed by atoms with Gasteiger partial charge in [-0.3, -0.25) is 14.3 Å². The summed E-state index contributed by atoms with van der Waals surface area (Å²) in [6, 6.07) is 4.87. The number of nitrogens with zero attached hydrogens (tertiary/aromatic N) is 2. The van der Waals surface area contributed by atoms with Gasteiger partial charge >= 0.3 is 0 Å². The van der Waals surface area contributed by atoms with Crippen LogP contribution in [0, 0.1) is 10.1 Å². The predicted molar refractivity (Wildman–Crippen MR) is 75.2 cm³/mol. The standard InChI is InChI=1S/C12H13N3O4S/c16-15(17)9-1-2-11-10(7-9)14-12(19-11)13-8-3-5-20(18)6-4-8/h1-2,7-8H,3-6H2,(H,13,14). The van der Waals surface area contributed by atoms with Crippen molar-refractivity contribution in [2.24, 2.45) is 0 Å². The van der Waals surface area contributed by atoms with E-state index < -0.39 is 15.7 Å². The van der Waals surface area contributed by atoms with E-state index in [-0.39, 0.29) is 11.7 Å². The molecule has 0 unspecified atom stereocenters. The Hall–Kier alpha value is -1.96. The van der Waals surface area contributed by atoms with Crippen LogP contribution in [0.4, 0.5) is 11.7 Å². The topological polar surface area (TPSA) is 98.3 Å². The molecule has 0 bridgehead atoms. The molecule has 2 heterocycles. The summed E-state index contributed by atoms with van der Waals surface area (Å²) in [5.41, 5.74) is 0.962. The van der Waals surface area contributed by atoms with Crippen LogP contribution >= 0.6 is 0 Å². The fourth-order valence-electron chi connectivity index (χ4n) is 2.20. The summed E-state index contributed by atoms with van der Waals surface area (Å²) in [6.07, 6.45) is 1.62. The van der Waals surface area contributed by atoms with E-state index in [1.807, 2.05) is 0 Å². The van der Waals surface area contributed by atoms with Crippen molar-refractivity contribution in [2.75, 3.05) is 16.8 Å². The number of aromatic nitrogens is 1. The van der Waals surface area contributed by atoms with Gasteiger partial charge in [0.25, 0.3) is 11.7 Å². The molecule has 1 aromatic carbocycles. The van der Waals surface area contributed by atoms with Gasteiger partial charge in [0.15, 0.2) is 5.58 Å². The molecule has 0 spiro atoms. The van der Waals surface area contributed by atoms with Gasteiger partial charge in [0.1, 0.15) is 5.52 Å². The molecule has 8 heteroatoms. The average molecular weight is 295 g/mol. The van der Waals surface area contributed by atoms with E-state index in [4.69, 9.17) is 4.42 Å². The van der Waals surface area contributed by atoms with E-state index in [2.05, 4.69) is 10.3 Å². The highest BCUT2D eigenvalue weighted by atomic mass is 32.2. The maximum Gasteiger partial charge on any atom is 0.295 e. The van der Waals surface area contributed by atoms with Crippen molar-refractivity contribution < 1.29 is 13.5 Å². The minimum atomic E-state index is -0.708. The highest BCUT2D eigenvalue weighted by molar-refractivity contribution is 7.85. The maximum atomic E-state index is 11.3. The van der Waals surface area contributed by atoms with Crippen molar-refractivity contribution in [1.82, 2.24) is 4.98 Å². The second-order valence-electron chi connectivity index (χ2n) is 4.69. The summed E-state index contributed by atoms with van der Waals surface area (Å²) in [7, 11) is -0.708. The van der Waals surface area contributed by atoms with Crippen LogP contribution in [0.3, 0.4) is 0 Å². The molecule has 1 aromatic heterocycles. The minimum absolute atomic E-state index is 0.00888. The molecule has 3 rings (SSSR count). The number of benzene rings is 1. The zero-order valence-corrected chi connectivity index (χ0v) is 11.4. The van der Waals surface area contributed by atoms with Gasteiger partial charge in [-0.15, -0.1) is 0 Å². The summed E-state index contributed by atoms with van der Waals surface area (Å²) in [4.78, 5) is 14.5. The van der Waals surface area contributed by atoms with E-state index in [1.165, 1.54) is 12.1 Å². The van der Waals surface area contributed by atoms with Crippen LogP contribution in [-0.2, 0) is 10.8 Å². The number of hydrogen-bond donors (Lipinski definition) is 1. The molecule has 0 atom stereocenters. The summed E-state index contributed by atoms with van der Waals surface area (Å²) >= 11 is 0. The fourth-order valence-corrected chi connectivity index (χ4v) is 3.50. The molecule has 7 nitrogen and oxygen atoms in total. The highest BCUT2D eigenvalue weighted by Crippen LogP contribution is 2.24. The van der Waals surface area contributed by atoms with E-state index in [0.29, 0.717) is 28.6 Å². The Morgan fingerprint density at radius 1 is 1.40 bits per heavy atom. The molecule has 0 radical (unpaired) electrons. The van der Waals surface area contributed by atoms with E-state index in [0.717, 1.165) is 12.8 Å². The molecule has 1 aliphatic rings. The molecule has 0 aliphatic carbocycles. The van der Waals surface area contributed by atoms with E-state index in [9.17, 15) is 14.3 Å². The lowest BCUT2D eigenvalue weighted by molar-refractivity contribution is -0.384. The first-order valence-electron chi connectivity index (χ1n) is 6.28. The van der Waals surface area contributed by atoms with Crippen molar-refractivity contribution in [1.29, 1.82) is 0 Å². The number of nitro benzene ring substituents is 1. The van der Waals surface area contributed by atoms with Crippen LogP contribution in [0.1, 0.15) is 12.8 Å². The Morgan fingerprint density at radius 2 is 2.15 bits per heavy atom. The third-order valence-corrected chi connectivity index (χ3v) is 4.68. The number of nitrogens with one attached hydrogen (secondary N) is 1. The Kier molecular flexibility index (Phi) is 3.39. The fraction of sp³-hybridized carbons (Fsp3) is 0.417. The predicted octanol–water partition coefficient (Wildman–Crippen LogP) is 2.06. The normalized spacial score (nSPS) is 22.8. The lowest BCUT2D eigenvalue weighted by Gasteiger charge is -2.21. The molecular weight excluding hydrogens is 282 g/mol. The van der Waals surface area contributed by atoms with Crippen LogP contribution in [0.15, 0.2) is 22.6 Å². The summed E-state index contributed by atoms with van der Waals surface area (Å²) in [6.45, 7) is 0. The second-order valence-corrected chi connectivity index (χ2v) is 6.39. The van der Waals surface area contributed by atoms with Gasteiger partial charge < -0.3 is 9.73 Å². The van der Waals surface area contributed by atoms with Crippen LogP contribution in [-0.4, -0.2) is 31.7 Å². The number of anilines is 1. The van der Waals surface area contributed by atoms with Gasteiger partial charge in [-0.25, -0.2) is 0 Å². The van der Waals surface area contributed by atoms with Gasteiger partial charge in [-0.2, -0.15) is 4.98 Å². The van der Waals surface area contributed by atoms with Crippen LogP contribution in [0.5, 0.6) is 0 Å². The Morgan fingerprint density at radius 3 is 2.85 bits per heavy atom. The van der Waals surface area contributed by atoms with E-state index >= 15 is 0 Å². The van der Waals surface area contributed by atoms with Crippen LogP contribution in [0.25, 0.3) is 11.1 Å². The molecule has 20 heavy (non-hydrogen) atoms. The third-order valence-electron chi connectivity index (χ3n) is 3.30. The molecule has 106 valence electrons. The molecule has 2 aromatic rings. The van der Waals surface area contributed by atoms with Gasteiger partial charge in [0.2, 0.25) is 0 Å². The Bertz CT molecular complexity index is 674. The summed E-state index contributed by atoms with van der Waals surface area (Å²) in [5, 5.41) is 13.9. The monoisotopic (exact) mass is 295 g/mol. The molecular formula is C12H13N3O4S. The number of fused-ring (bicyclic) bond motifs is 1. The quantitative estimate of drug-likeness (QED) is 0.687. The molecule has 1 aliphatic heterocycles.